The van der Waals surface area contributed by atoms with Crippen LogP contribution in [0.1, 0.15) is 22.8 Å². The highest BCUT2D eigenvalue weighted by molar-refractivity contribution is 6.33. The van der Waals surface area contributed by atoms with Crippen LogP contribution in [0, 0.1) is 0 Å². The molecule has 0 radical (unpaired) electrons. The van der Waals surface area contributed by atoms with Crippen LogP contribution in [-0.2, 0) is 16.0 Å². The molecule has 2 aromatic rings. The van der Waals surface area contributed by atoms with E-state index in [9.17, 15) is 30.0 Å². The van der Waals surface area contributed by atoms with Gasteiger partial charge in [-0.05, 0) is 6.92 Å². The number of aromatic hydroxyl groups is 4. The molecule has 10 heteroatoms. The number of rotatable bonds is 6. The molecule has 0 heterocycles. The van der Waals surface area contributed by atoms with Crippen molar-refractivity contribution >= 4 is 29.2 Å². The number of halogens is 1. The zero-order valence-electron chi connectivity index (χ0n) is 14.9. The van der Waals surface area contributed by atoms with Gasteiger partial charge in [0.15, 0.2) is 11.5 Å². The quantitative estimate of drug-likeness (QED) is 0.277. The molecule has 0 aliphatic rings. The molecule has 150 valence electrons. The van der Waals surface area contributed by atoms with Gasteiger partial charge in [-0.2, -0.15) is 0 Å². The van der Waals surface area contributed by atoms with Crippen molar-refractivity contribution in [1.29, 1.82) is 0 Å². The Kier molecular flexibility index (Phi) is 6.42. The molecule has 28 heavy (non-hydrogen) atoms. The van der Waals surface area contributed by atoms with Gasteiger partial charge in [0.2, 0.25) is 5.91 Å². The minimum absolute atomic E-state index is 0.000967. The lowest BCUT2D eigenvalue weighted by Crippen LogP contribution is -2.18. The van der Waals surface area contributed by atoms with Gasteiger partial charge in [0.05, 0.1) is 30.8 Å². The lowest BCUT2D eigenvalue weighted by molar-refractivity contribution is -0.115. The van der Waals surface area contributed by atoms with Crippen LogP contribution >= 0.6 is 11.6 Å². The van der Waals surface area contributed by atoms with Crippen molar-refractivity contribution in [3.05, 3.63) is 34.3 Å². The van der Waals surface area contributed by atoms with Gasteiger partial charge < -0.3 is 35.2 Å². The van der Waals surface area contributed by atoms with Gasteiger partial charge in [0.1, 0.15) is 22.8 Å². The van der Waals surface area contributed by atoms with Crippen LogP contribution < -0.4 is 10.1 Å². The van der Waals surface area contributed by atoms with Crippen LogP contribution in [0.4, 0.5) is 5.69 Å². The van der Waals surface area contributed by atoms with Crippen LogP contribution in [0.5, 0.6) is 28.7 Å². The summed E-state index contributed by atoms with van der Waals surface area (Å²) in [4.78, 5) is 24.5. The van der Waals surface area contributed by atoms with Crippen molar-refractivity contribution in [2.45, 2.75) is 13.3 Å². The third-order valence-electron chi connectivity index (χ3n) is 3.71. The molecule has 0 saturated carbocycles. The van der Waals surface area contributed by atoms with E-state index in [0.29, 0.717) is 0 Å². The van der Waals surface area contributed by atoms with E-state index < -0.39 is 29.8 Å². The summed E-state index contributed by atoms with van der Waals surface area (Å²) >= 11 is 6.00. The highest BCUT2D eigenvalue weighted by Gasteiger charge is 2.25. The zero-order valence-corrected chi connectivity index (χ0v) is 15.7. The topological polar surface area (TPSA) is 146 Å². The number of phenols is 4. The van der Waals surface area contributed by atoms with Gasteiger partial charge >= 0.3 is 5.97 Å². The van der Waals surface area contributed by atoms with Crippen molar-refractivity contribution in [3.8, 4) is 28.7 Å². The predicted molar refractivity (Wildman–Crippen MR) is 99.4 cm³/mol. The molecule has 0 fully saturated rings. The van der Waals surface area contributed by atoms with Crippen molar-refractivity contribution in [1.82, 2.24) is 0 Å². The number of carbonyl (C=O) groups is 2. The number of ether oxygens (including phenoxy) is 2. The van der Waals surface area contributed by atoms with E-state index in [4.69, 9.17) is 21.1 Å². The second-order valence-corrected chi connectivity index (χ2v) is 5.95. The number of benzene rings is 2. The molecule has 5 N–H and O–H groups in total. The van der Waals surface area contributed by atoms with E-state index in [-0.39, 0.29) is 45.7 Å². The Morgan fingerprint density at radius 1 is 1.04 bits per heavy atom. The summed E-state index contributed by atoms with van der Waals surface area (Å²) in [6.07, 6.45) is -0.541. The van der Waals surface area contributed by atoms with Crippen LogP contribution in [0.3, 0.4) is 0 Å². The van der Waals surface area contributed by atoms with Gasteiger partial charge in [0, 0.05) is 23.8 Å². The first-order chi connectivity index (χ1) is 13.2. The Labute approximate surface area is 164 Å². The lowest BCUT2D eigenvalue weighted by Gasteiger charge is -2.14. The normalized spacial score (nSPS) is 10.4. The number of methoxy groups -OCH3 is 1. The zero-order chi connectivity index (χ0) is 21.0. The van der Waals surface area contributed by atoms with Gasteiger partial charge in [-0.3, -0.25) is 4.79 Å². The van der Waals surface area contributed by atoms with Gasteiger partial charge in [0.25, 0.3) is 0 Å². The second kappa shape index (κ2) is 8.57. The molecule has 0 saturated heterocycles. The summed E-state index contributed by atoms with van der Waals surface area (Å²) in [5.74, 6) is -3.50. The Morgan fingerprint density at radius 3 is 2.32 bits per heavy atom. The molecule has 0 unspecified atom stereocenters. The monoisotopic (exact) mass is 411 g/mol. The van der Waals surface area contributed by atoms with Gasteiger partial charge in [-0.25, -0.2) is 4.79 Å². The lowest BCUT2D eigenvalue weighted by atomic mass is 10.0. The molecule has 0 atom stereocenters. The Balaban J connectivity index is 2.36. The summed E-state index contributed by atoms with van der Waals surface area (Å²) in [5, 5.41) is 41.5. The number of hydrogen-bond acceptors (Lipinski definition) is 8. The fourth-order valence-corrected chi connectivity index (χ4v) is 2.67. The number of anilines is 1. The molecule has 0 aliphatic heterocycles. The minimum Gasteiger partial charge on any atom is -0.507 e. The smallest absolute Gasteiger partial charge is 0.342 e. The van der Waals surface area contributed by atoms with Crippen molar-refractivity contribution in [2.24, 2.45) is 0 Å². The fourth-order valence-electron chi connectivity index (χ4n) is 2.46. The molecule has 9 nitrogen and oxygen atoms in total. The fraction of sp³-hybridized carbons (Fsp3) is 0.222. The molecule has 2 rings (SSSR count). The van der Waals surface area contributed by atoms with E-state index >= 15 is 0 Å². The van der Waals surface area contributed by atoms with Gasteiger partial charge in [-0.15, -0.1) is 0 Å². The summed E-state index contributed by atoms with van der Waals surface area (Å²) in [5.41, 5.74) is -0.643. The largest absolute Gasteiger partial charge is 0.507 e. The maximum Gasteiger partial charge on any atom is 0.342 e. The number of phenolic OH excluding ortho intramolecular Hbond substituents is 4. The average molecular weight is 412 g/mol. The number of carbonyl (C=O) groups excluding carboxylic acids is 2. The number of nitrogens with one attached hydrogen (secondary N) is 1. The van der Waals surface area contributed by atoms with Crippen molar-refractivity contribution in [3.63, 3.8) is 0 Å². The van der Waals surface area contributed by atoms with Gasteiger partial charge in [-0.1, -0.05) is 11.6 Å². The third kappa shape index (κ3) is 4.32. The standard InChI is InChI=1S/C18H18ClNO8/c1-3-28-18(26)16-8(17(19)13(24)6-12(16)23)4-15(25)20-9-5-11(22)14(27-2)7-10(9)21/h5-7,21-24H,3-4H2,1-2H3,(H,20,25). The van der Waals surface area contributed by atoms with E-state index in [0.717, 1.165) is 18.2 Å². The summed E-state index contributed by atoms with van der Waals surface area (Å²) < 4.78 is 9.69. The summed E-state index contributed by atoms with van der Waals surface area (Å²) in [6, 6.07) is 3.03. The number of hydrogen-bond donors (Lipinski definition) is 5. The van der Waals surface area contributed by atoms with Crippen molar-refractivity contribution < 1.29 is 39.5 Å². The van der Waals surface area contributed by atoms with E-state index in [1.807, 2.05) is 0 Å². The first-order valence-corrected chi connectivity index (χ1v) is 8.37. The minimum atomic E-state index is -0.922. The maximum atomic E-state index is 12.4. The Bertz CT molecular complexity index is 929. The van der Waals surface area contributed by atoms with Crippen LogP contribution in [0.25, 0.3) is 0 Å². The average Bonchev–Trinajstić information content (AvgIpc) is 2.62. The van der Waals surface area contributed by atoms with Crippen LogP contribution in [0.15, 0.2) is 18.2 Å². The second-order valence-electron chi connectivity index (χ2n) is 5.57. The molecular formula is C18H18ClNO8. The molecular weight excluding hydrogens is 394 g/mol. The van der Waals surface area contributed by atoms with Crippen molar-refractivity contribution in [2.75, 3.05) is 19.0 Å². The summed E-state index contributed by atoms with van der Waals surface area (Å²) in [6.45, 7) is 1.57. The molecule has 0 spiro atoms. The molecule has 2 aromatic carbocycles. The molecule has 0 aliphatic carbocycles. The third-order valence-corrected chi connectivity index (χ3v) is 4.13. The SMILES string of the molecule is CCOC(=O)c1c(O)cc(O)c(Cl)c1CC(=O)Nc1cc(O)c(OC)cc1O. The van der Waals surface area contributed by atoms with E-state index in [1.54, 1.807) is 6.92 Å². The highest BCUT2D eigenvalue weighted by Crippen LogP contribution is 2.38. The summed E-state index contributed by atoms with van der Waals surface area (Å²) in [7, 11) is 1.29. The molecule has 1 amide bonds. The first-order valence-electron chi connectivity index (χ1n) is 7.99. The maximum absolute atomic E-state index is 12.4. The number of amides is 1. The number of esters is 1. The highest BCUT2D eigenvalue weighted by atomic mass is 35.5. The van der Waals surface area contributed by atoms with E-state index in [1.165, 1.54) is 7.11 Å². The van der Waals surface area contributed by atoms with Crippen LogP contribution in [-0.4, -0.2) is 46.0 Å². The molecule has 0 aromatic heterocycles. The Morgan fingerprint density at radius 2 is 1.71 bits per heavy atom. The van der Waals surface area contributed by atoms with Crippen LogP contribution in [0.2, 0.25) is 5.02 Å². The first kappa shape index (κ1) is 21.0. The Hall–Kier alpha value is -3.33. The molecule has 0 bridgehead atoms. The predicted octanol–water partition coefficient (Wildman–Crippen LogP) is 2.53. The van der Waals surface area contributed by atoms with E-state index in [2.05, 4.69) is 5.32 Å².